The number of anilines is 1. The van der Waals surface area contributed by atoms with E-state index in [1.807, 2.05) is 6.07 Å². The lowest BCUT2D eigenvalue weighted by molar-refractivity contribution is -0.153. The van der Waals surface area contributed by atoms with Crippen LogP contribution >= 0.6 is 23.1 Å². The minimum Gasteiger partial charge on any atom is -0.484 e. The van der Waals surface area contributed by atoms with Crippen LogP contribution in [0.1, 0.15) is 25.3 Å². The Hall–Kier alpha value is -1.81. The molecule has 1 aliphatic rings. The molecule has 1 fully saturated rings. The number of aromatic nitrogens is 2. The molecule has 0 bridgehead atoms. The second kappa shape index (κ2) is 7.83. The molecule has 0 aliphatic heterocycles. The van der Waals surface area contributed by atoms with Crippen LogP contribution in [0.4, 0.5) is 18.3 Å². The van der Waals surface area contributed by atoms with E-state index in [1.54, 1.807) is 17.0 Å². The van der Waals surface area contributed by atoms with Gasteiger partial charge in [0.25, 0.3) is 0 Å². The summed E-state index contributed by atoms with van der Waals surface area (Å²) in [6.45, 7) is 0.199. The molecule has 0 unspecified atom stereocenters. The molecule has 5 nitrogen and oxygen atoms in total. The maximum atomic E-state index is 12.2. The molecule has 26 heavy (non-hydrogen) atoms. The Bertz CT molecular complexity index is 778. The van der Waals surface area contributed by atoms with E-state index in [9.17, 15) is 18.0 Å². The predicted octanol–water partition coefficient (Wildman–Crippen LogP) is 4.29. The van der Waals surface area contributed by atoms with Crippen LogP contribution in [0, 0.1) is 0 Å². The fourth-order valence-electron chi connectivity index (χ4n) is 2.27. The van der Waals surface area contributed by atoms with Crippen molar-refractivity contribution in [3.05, 3.63) is 29.8 Å². The molecule has 1 aromatic carbocycles. The van der Waals surface area contributed by atoms with Crippen molar-refractivity contribution in [2.24, 2.45) is 0 Å². The van der Waals surface area contributed by atoms with E-state index in [2.05, 4.69) is 10.2 Å². The molecule has 1 aromatic heterocycles. The van der Waals surface area contributed by atoms with Gasteiger partial charge in [-0.2, -0.15) is 13.2 Å². The summed E-state index contributed by atoms with van der Waals surface area (Å²) >= 11 is 2.76. The van der Waals surface area contributed by atoms with Crippen molar-refractivity contribution in [3.63, 3.8) is 0 Å². The Morgan fingerprint density at radius 1 is 1.38 bits per heavy atom. The molecule has 3 rings (SSSR count). The summed E-state index contributed by atoms with van der Waals surface area (Å²) < 4.78 is 42.1. The summed E-state index contributed by atoms with van der Waals surface area (Å²) in [4.78, 5) is 13.4. The average molecular weight is 403 g/mol. The zero-order valence-corrected chi connectivity index (χ0v) is 15.5. The van der Waals surface area contributed by atoms with Crippen molar-refractivity contribution in [1.82, 2.24) is 10.2 Å². The number of carbonyl (C=O) groups excluding carboxylic acids is 1. The van der Waals surface area contributed by atoms with Gasteiger partial charge in [0.2, 0.25) is 11.0 Å². The quantitative estimate of drug-likeness (QED) is 0.510. The Kier molecular flexibility index (Phi) is 5.71. The molecular weight excluding hydrogens is 387 g/mol. The summed E-state index contributed by atoms with van der Waals surface area (Å²) in [5.74, 6) is 0.644. The first-order valence-electron chi connectivity index (χ1n) is 7.86. The molecule has 10 heteroatoms. The standard InChI is InChI=1S/C16H16F3N3O2S2/c1-10(23)22(12-5-6-12)14-20-21-15(26-14)25-8-11-3-2-4-13(7-11)24-9-16(17,18)19/h2-4,7,12H,5-6,8-9H2,1H3. The minimum atomic E-state index is -4.36. The predicted molar refractivity (Wildman–Crippen MR) is 93.6 cm³/mol. The molecule has 1 saturated carbocycles. The Labute approximate surface area is 156 Å². The number of hydrogen-bond acceptors (Lipinski definition) is 6. The number of carbonyl (C=O) groups is 1. The van der Waals surface area contributed by atoms with Gasteiger partial charge in [-0.25, -0.2) is 0 Å². The smallest absolute Gasteiger partial charge is 0.422 e. The third kappa shape index (κ3) is 5.34. The second-order valence-electron chi connectivity index (χ2n) is 5.81. The molecule has 2 aromatic rings. The Morgan fingerprint density at radius 2 is 2.15 bits per heavy atom. The SMILES string of the molecule is CC(=O)N(c1nnc(SCc2cccc(OCC(F)(F)F)c2)s1)C1CC1. The number of ether oxygens (including phenoxy) is 1. The van der Waals surface area contributed by atoms with Crippen LogP contribution in [-0.2, 0) is 10.5 Å². The third-order valence-electron chi connectivity index (χ3n) is 3.52. The summed E-state index contributed by atoms with van der Waals surface area (Å²) in [7, 11) is 0. The molecule has 1 heterocycles. The van der Waals surface area contributed by atoms with Gasteiger partial charge in [0.1, 0.15) is 5.75 Å². The van der Waals surface area contributed by atoms with Crippen LogP contribution in [0.15, 0.2) is 28.6 Å². The number of thioether (sulfide) groups is 1. The van der Waals surface area contributed by atoms with E-state index in [4.69, 9.17) is 4.74 Å². The van der Waals surface area contributed by atoms with Gasteiger partial charge in [0.05, 0.1) is 0 Å². The van der Waals surface area contributed by atoms with Gasteiger partial charge >= 0.3 is 6.18 Å². The summed E-state index contributed by atoms with van der Waals surface area (Å²) in [6, 6.07) is 6.75. The summed E-state index contributed by atoms with van der Waals surface area (Å²) in [5.41, 5.74) is 0.817. The highest BCUT2D eigenvalue weighted by Crippen LogP contribution is 2.36. The zero-order chi connectivity index (χ0) is 18.7. The van der Waals surface area contributed by atoms with E-state index in [0.29, 0.717) is 15.2 Å². The Morgan fingerprint density at radius 3 is 2.81 bits per heavy atom. The largest absolute Gasteiger partial charge is 0.484 e. The van der Waals surface area contributed by atoms with Gasteiger partial charge in [-0.1, -0.05) is 35.2 Å². The van der Waals surface area contributed by atoms with Crippen LogP contribution in [0.5, 0.6) is 5.75 Å². The number of rotatable bonds is 7. The first kappa shape index (κ1) is 19.0. The first-order valence-corrected chi connectivity index (χ1v) is 9.66. The minimum absolute atomic E-state index is 0.0466. The monoisotopic (exact) mass is 403 g/mol. The second-order valence-corrected chi connectivity index (χ2v) is 7.99. The van der Waals surface area contributed by atoms with Crippen molar-refractivity contribution in [1.29, 1.82) is 0 Å². The van der Waals surface area contributed by atoms with E-state index < -0.39 is 12.8 Å². The van der Waals surface area contributed by atoms with Crippen LogP contribution in [0.3, 0.4) is 0 Å². The maximum Gasteiger partial charge on any atom is 0.422 e. The fraction of sp³-hybridized carbons (Fsp3) is 0.438. The number of hydrogen-bond donors (Lipinski definition) is 0. The van der Waals surface area contributed by atoms with Gasteiger partial charge < -0.3 is 4.74 Å². The van der Waals surface area contributed by atoms with Gasteiger partial charge in [0.15, 0.2) is 10.9 Å². The zero-order valence-electron chi connectivity index (χ0n) is 13.8. The molecule has 0 spiro atoms. The topological polar surface area (TPSA) is 55.3 Å². The molecule has 0 saturated heterocycles. The molecule has 1 aliphatic carbocycles. The van der Waals surface area contributed by atoms with E-state index >= 15 is 0 Å². The normalized spacial score (nSPS) is 14.3. The average Bonchev–Trinajstić information content (AvgIpc) is 3.28. The van der Waals surface area contributed by atoms with Crippen molar-refractivity contribution < 1.29 is 22.7 Å². The number of halogens is 3. The number of alkyl halides is 3. The Balaban J connectivity index is 1.58. The van der Waals surface area contributed by atoms with E-state index in [-0.39, 0.29) is 17.7 Å². The highest BCUT2D eigenvalue weighted by atomic mass is 32.2. The van der Waals surface area contributed by atoms with Crippen LogP contribution in [0.25, 0.3) is 0 Å². The molecule has 0 radical (unpaired) electrons. The van der Waals surface area contributed by atoms with Gasteiger partial charge in [0, 0.05) is 18.7 Å². The number of benzene rings is 1. The van der Waals surface area contributed by atoms with Crippen LogP contribution in [0.2, 0.25) is 0 Å². The highest BCUT2D eigenvalue weighted by Gasteiger charge is 2.34. The lowest BCUT2D eigenvalue weighted by Gasteiger charge is -2.15. The first-order chi connectivity index (χ1) is 12.3. The highest BCUT2D eigenvalue weighted by molar-refractivity contribution is 8.00. The lowest BCUT2D eigenvalue weighted by Crippen LogP contribution is -2.30. The van der Waals surface area contributed by atoms with Crippen LogP contribution in [-0.4, -0.2) is 34.9 Å². The molecule has 140 valence electrons. The lowest BCUT2D eigenvalue weighted by atomic mass is 10.2. The summed E-state index contributed by atoms with van der Waals surface area (Å²) in [5, 5.41) is 8.77. The third-order valence-corrected chi connectivity index (χ3v) is 5.64. The van der Waals surface area contributed by atoms with Gasteiger partial charge in [-0.3, -0.25) is 9.69 Å². The molecular formula is C16H16F3N3O2S2. The van der Waals surface area contributed by atoms with Crippen molar-refractivity contribution >= 4 is 34.1 Å². The van der Waals surface area contributed by atoms with Crippen molar-refractivity contribution in [2.45, 2.75) is 42.1 Å². The maximum absolute atomic E-state index is 12.2. The number of amides is 1. The fourth-order valence-corrected chi connectivity index (χ4v) is 4.17. The molecule has 0 N–H and O–H groups in total. The van der Waals surface area contributed by atoms with E-state index in [0.717, 1.165) is 18.4 Å². The van der Waals surface area contributed by atoms with E-state index in [1.165, 1.54) is 36.1 Å². The van der Waals surface area contributed by atoms with Crippen molar-refractivity contribution in [3.8, 4) is 5.75 Å². The van der Waals surface area contributed by atoms with Gasteiger partial charge in [-0.15, -0.1) is 10.2 Å². The molecule has 1 amide bonds. The van der Waals surface area contributed by atoms with Crippen molar-refractivity contribution in [2.75, 3.05) is 11.5 Å². The molecule has 0 atom stereocenters. The number of nitrogens with zero attached hydrogens (tertiary/aromatic N) is 3. The summed E-state index contributed by atoms with van der Waals surface area (Å²) in [6.07, 6.45) is -2.41. The van der Waals surface area contributed by atoms with Crippen LogP contribution < -0.4 is 9.64 Å². The van der Waals surface area contributed by atoms with Gasteiger partial charge in [-0.05, 0) is 30.5 Å².